The number of carbonyl (C=O) groups excluding carboxylic acids is 1. The Morgan fingerprint density at radius 1 is 1.09 bits per heavy atom. The van der Waals surface area contributed by atoms with Crippen molar-refractivity contribution in [3.63, 3.8) is 0 Å². The van der Waals surface area contributed by atoms with Crippen LogP contribution in [-0.4, -0.2) is 34.9 Å². The van der Waals surface area contributed by atoms with E-state index in [9.17, 15) is 4.79 Å². The SMILES string of the molecule is COc1ccc(-c2nc3ccccc3[nH]2)cc1NC(=S)NC(=O)c1ccc2c(c1)OCO2. The number of ether oxygens (including phenoxy) is 3. The normalized spacial score (nSPS) is 11.9. The van der Waals surface area contributed by atoms with Crippen molar-refractivity contribution in [3.8, 4) is 28.6 Å². The first-order valence-electron chi connectivity index (χ1n) is 9.76. The van der Waals surface area contributed by atoms with E-state index < -0.39 is 0 Å². The molecular formula is C23H18N4O4S. The third-order valence-corrected chi connectivity index (χ3v) is 5.18. The predicted octanol–water partition coefficient (Wildman–Crippen LogP) is 4.09. The minimum atomic E-state index is -0.367. The molecule has 2 heterocycles. The lowest BCUT2D eigenvalue weighted by atomic mass is 10.1. The highest BCUT2D eigenvalue weighted by Crippen LogP contribution is 2.33. The summed E-state index contributed by atoms with van der Waals surface area (Å²) in [6.45, 7) is 0.141. The van der Waals surface area contributed by atoms with E-state index in [0.29, 0.717) is 34.3 Å². The van der Waals surface area contributed by atoms with Crippen molar-refractivity contribution in [1.29, 1.82) is 0 Å². The van der Waals surface area contributed by atoms with Gasteiger partial charge in [-0.3, -0.25) is 10.1 Å². The van der Waals surface area contributed by atoms with Gasteiger partial charge in [-0.1, -0.05) is 12.1 Å². The number of fused-ring (bicyclic) bond motifs is 2. The number of aromatic amines is 1. The average molecular weight is 446 g/mol. The second-order valence-electron chi connectivity index (χ2n) is 6.99. The molecule has 1 aliphatic heterocycles. The summed E-state index contributed by atoms with van der Waals surface area (Å²) < 4.78 is 16.0. The molecule has 9 heteroatoms. The molecule has 1 aromatic heterocycles. The van der Waals surface area contributed by atoms with Gasteiger partial charge < -0.3 is 24.5 Å². The van der Waals surface area contributed by atoms with Gasteiger partial charge in [-0.15, -0.1) is 0 Å². The monoisotopic (exact) mass is 446 g/mol. The zero-order valence-electron chi connectivity index (χ0n) is 17.0. The molecule has 1 aliphatic rings. The first-order valence-corrected chi connectivity index (χ1v) is 10.2. The number of rotatable bonds is 4. The van der Waals surface area contributed by atoms with Crippen LogP contribution in [0, 0.1) is 0 Å². The van der Waals surface area contributed by atoms with Crippen molar-refractivity contribution in [2.75, 3.05) is 19.2 Å². The maximum Gasteiger partial charge on any atom is 0.257 e. The Balaban J connectivity index is 1.35. The quantitative estimate of drug-likeness (QED) is 0.406. The summed E-state index contributed by atoms with van der Waals surface area (Å²) in [7, 11) is 1.57. The van der Waals surface area contributed by atoms with E-state index in [1.165, 1.54) is 0 Å². The van der Waals surface area contributed by atoms with E-state index >= 15 is 0 Å². The van der Waals surface area contributed by atoms with Gasteiger partial charge in [0.1, 0.15) is 11.6 Å². The Hall–Kier alpha value is -4.11. The van der Waals surface area contributed by atoms with Crippen LogP contribution in [0.15, 0.2) is 60.7 Å². The lowest BCUT2D eigenvalue weighted by Gasteiger charge is -2.14. The van der Waals surface area contributed by atoms with Gasteiger partial charge in [-0.2, -0.15) is 0 Å². The number of hydrogen-bond acceptors (Lipinski definition) is 6. The molecule has 8 nitrogen and oxygen atoms in total. The van der Waals surface area contributed by atoms with Gasteiger partial charge in [0.15, 0.2) is 16.6 Å². The first-order chi connectivity index (χ1) is 15.6. The summed E-state index contributed by atoms with van der Waals surface area (Å²) in [6, 6.07) is 18.3. The topological polar surface area (TPSA) is 97.5 Å². The molecule has 32 heavy (non-hydrogen) atoms. The summed E-state index contributed by atoms with van der Waals surface area (Å²) in [5, 5.41) is 5.84. The van der Waals surface area contributed by atoms with Gasteiger partial charge in [-0.25, -0.2) is 4.98 Å². The molecule has 1 amide bonds. The van der Waals surface area contributed by atoms with Crippen LogP contribution in [0.4, 0.5) is 5.69 Å². The van der Waals surface area contributed by atoms with Crippen molar-refractivity contribution in [1.82, 2.24) is 15.3 Å². The van der Waals surface area contributed by atoms with Crippen molar-refractivity contribution < 1.29 is 19.0 Å². The molecule has 3 aromatic carbocycles. The average Bonchev–Trinajstić information content (AvgIpc) is 3.45. The molecule has 0 atom stereocenters. The minimum absolute atomic E-state index is 0.132. The number of thiocarbonyl (C=S) groups is 1. The number of benzene rings is 3. The number of hydrogen-bond donors (Lipinski definition) is 3. The van der Waals surface area contributed by atoms with E-state index in [1.807, 2.05) is 42.5 Å². The Bertz CT molecular complexity index is 1320. The van der Waals surface area contributed by atoms with Gasteiger partial charge in [0, 0.05) is 11.1 Å². The van der Waals surface area contributed by atoms with Crippen LogP contribution in [-0.2, 0) is 0 Å². The number of para-hydroxylation sites is 2. The minimum Gasteiger partial charge on any atom is -0.495 e. The summed E-state index contributed by atoms with van der Waals surface area (Å²) in [5.41, 5.74) is 3.66. The van der Waals surface area contributed by atoms with Crippen LogP contribution < -0.4 is 24.8 Å². The van der Waals surface area contributed by atoms with Crippen LogP contribution >= 0.6 is 12.2 Å². The van der Waals surface area contributed by atoms with Crippen LogP contribution in [0.3, 0.4) is 0 Å². The van der Waals surface area contributed by atoms with E-state index in [2.05, 4.69) is 20.6 Å². The molecule has 160 valence electrons. The maximum absolute atomic E-state index is 12.6. The molecule has 3 N–H and O–H groups in total. The lowest BCUT2D eigenvalue weighted by Crippen LogP contribution is -2.34. The second kappa shape index (κ2) is 8.20. The van der Waals surface area contributed by atoms with E-state index in [1.54, 1.807) is 25.3 Å². The van der Waals surface area contributed by atoms with Crippen LogP contribution in [0.2, 0.25) is 0 Å². The van der Waals surface area contributed by atoms with Gasteiger partial charge in [-0.05, 0) is 60.7 Å². The number of aromatic nitrogens is 2. The summed E-state index contributed by atoms with van der Waals surface area (Å²) in [5.74, 6) is 2.05. The van der Waals surface area contributed by atoms with E-state index in [0.717, 1.165) is 16.6 Å². The number of H-pyrrole nitrogens is 1. The van der Waals surface area contributed by atoms with Gasteiger partial charge in [0.25, 0.3) is 5.91 Å². The Labute approximate surface area is 188 Å². The van der Waals surface area contributed by atoms with Crippen LogP contribution in [0.25, 0.3) is 22.4 Å². The van der Waals surface area contributed by atoms with Gasteiger partial charge >= 0.3 is 0 Å². The molecule has 0 aliphatic carbocycles. The summed E-state index contributed by atoms with van der Waals surface area (Å²) in [6.07, 6.45) is 0. The van der Waals surface area contributed by atoms with Crippen molar-refractivity contribution in [3.05, 3.63) is 66.2 Å². The molecule has 0 saturated heterocycles. The van der Waals surface area contributed by atoms with Gasteiger partial charge in [0.05, 0.1) is 23.8 Å². The molecule has 5 rings (SSSR count). The molecule has 0 fully saturated rings. The third-order valence-electron chi connectivity index (χ3n) is 4.97. The Morgan fingerprint density at radius 2 is 1.94 bits per heavy atom. The zero-order valence-corrected chi connectivity index (χ0v) is 17.8. The lowest BCUT2D eigenvalue weighted by molar-refractivity contribution is 0.0977. The highest BCUT2D eigenvalue weighted by molar-refractivity contribution is 7.80. The van der Waals surface area contributed by atoms with Gasteiger partial charge in [0.2, 0.25) is 6.79 Å². The third kappa shape index (κ3) is 3.81. The Kier molecular flexibility index (Phi) is 5.08. The fraction of sp³-hybridized carbons (Fsp3) is 0.0870. The van der Waals surface area contributed by atoms with E-state index in [4.69, 9.17) is 26.4 Å². The standard InChI is InChI=1S/C23H18N4O4S/c1-29-18-8-6-13(21-24-15-4-2-3-5-16(15)25-21)10-17(18)26-23(32)27-22(28)14-7-9-19-20(11-14)31-12-30-19/h2-11H,12H2,1H3,(H,24,25)(H2,26,27,28,32). The molecule has 0 saturated carbocycles. The highest BCUT2D eigenvalue weighted by atomic mass is 32.1. The number of carbonyl (C=O) groups is 1. The fourth-order valence-electron chi connectivity index (χ4n) is 3.41. The van der Waals surface area contributed by atoms with Crippen LogP contribution in [0.5, 0.6) is 17.2 Å². The molecule has 4 aromatic rings. The first kappa shape index (κ1) is 19.8. The number of nitrogens with one attached hydrogen (secondary N) is 3. The molecular weight excluding hydrogens is 428 g/mol. The summed E-state index contributed by atoms with van der Waals surface area (Å²) >= 11 is 5.35. The zero-order chi connectivity index (χ0) is 22.1. The van der Waals surface area contributed by atoms with E-state index in [-0.39, 0.29) is 17.8 Å². The molecule has 0 radical (unpaired) electrons. The van der Waals surface area contributed by atoms with Crippen molar-refractivity contribution in [2.24, 2.45) is 0 Å². The number of methoxy groups -OCH3 is 1. The fourth-order valence-corrected chi connectivity index (χ4v) is 3.61. The number of nitrogens with zero attached hydrogens (tertiary/aromatic N) is 1. The number of anilines is 1. The highest BCUT2D eigenvalue weighted by Gasteiger charge is 2.17. The van der Waals surface area contributed by atoms with Crippen molar-refractivity contribution in [2.45, 2.75) is 0 Å². The molecule has 0 bridgehead atoms. The van der Waals surface area contributed by atoms with Crippen molar-refractivity contribution >= 4 is 40.0 Å². The number of imidazole rings is 1. The second-order valence-corrected chi connectivity index (χ2v) is 7.40. The number of amides is 1. The smallest absolute Gasteiger partial charge is 0.257 e. The predicted molar refractivity (Wildman–Crippen MR) is 124 cm³/mol. The largest absolute Gasteiger partial charge is 0.495 e. The maximum atomic E-state index is 12.6. The Morgan fingerprint density at radius 3 is 2.78 bits per heavy atom. The van der Waals surface area contributed by atoms with Crippen LogP contribution in [0.1, 0.15) is 10.4 Å². The molecule has 0 spiro atoms. The summed E-state index contributed by atoms with van der Waals surface area (Å²) in [4.78, 5) is 20.5. The molecule has 0 unspecified atom stereocenters.